The molecule has 0 spiro atoms. The quantitative estimate of drug-likeness (QED) is 0.714. The maximum Gasteiger partial charge on any atom is 0.217 e. The molecule has 0 bridgehead atoms. The summed E-state index contributed by atoms with van der Waals surface area (Å²) in [6.07, 6.45) is 3.48. The van der Waals surface area contributed by atoms with E-state index in [2.05, 4.69) is 10.2 Å². The molecule has 4 heteroatoms. The summed E-state index contributed by atoms with van der Waals surface area (Å²) in [6, 6.07) is 0.731. The number of amides is 1. The maximum atomic E-state index is 11.2. The highest BCUT2D eigenvalue weighted by molar-refractivity contribution is 5.81. The molecule has 0 aromatic rings. The molecule has 1 amide bonds. The highest BCUT2D eigenvalue weighted by atomic mass is 16.1. The van der Waals surface area contributed by atoms with E-state index < -0.39 is 0 Å². The van der Waals surface area contributed by atoms with E-state index in [0.717, 1.165) is 32.4 Å². The van der Waals surface area contributed by atoms with Gasteiger partial charge in [-0.2, -0.15) is 0 Å². The molecular weight excluding hydrogens is 192 g/mol. The van der Waals surface area contributed by atoms with Crippen LogP contribution < -0.4 is 5.32 Å². The van der Waals surface area contributed by atoms with Crippen molar-refractivity contribution >= 4 is 11.7 Å². The molecule has 1 saturated heterocycles. The number of nitrogens with zero attached hydrogens (tertiary/aromatic N) is 1. The lowest BCUT2D eigenvalue weighted by Gasteiger charge is -2.22. The molecule has 1 aliphatic carbocycles. The standard InChI is InChI=1S/C11H18N2O2/c1-8(14)12-9-4-5-13(7-9)10-2-3-11(15)6-10/h9-10H,2-7H2,1H3,(H,12,14). The van der Waals surface area contributed by atoms with E-state index in [1.807, 2.05) is 0 Å². The Morgan fingerprint density at radius 2 is 2.27 bits per heavy atom. The third-order valence-corrected chi connectivity index (χ3v) is 3.36. The van der Waals surface area contributed by atoms with E-state index in [4.69, 9.17) is 0 Å². The normalized spacial score (nSPS) is 32.2. The molecule has 0 aromatic carbocycles. The zero-order valence-electron chi connectivity index (χ0n) is 9.16. The largest absolute Gasteiger partial charge is 0.352 e. The second-order valence-electron chi connectivity index (χ2n) is 4.62. The molecule has 4 nitrogen and oxygen atoms in total. The van der Waals surface area contributed by atoms with E-state index in [9.17, 15) is 9.59 Å². The van der Waals surface area contributed by atoms with Gasteiger partial charge in [0.25, 0.3) is 0 Å². The topological polar surface area (TPSA) is 49.4 Å². The Morgan fingerprint density at radius 3 is 2.87 bits per heavy atom. The van der Waals surface area contributed by atoms with Gasteiger partial charge >= 0.3 is 0 Å². The molecule has 0 radical (unpaired) electrons. The van der Waals surface area contributed by atoms with Crippen LogP contribution in [0.15, 0.2) is 0 Å². The first-order chi connectivity index (χ1) is 7.15. The molecule has 1 heterocycles. The number of carbonyl (C=O) groups excluding carboxylic acids is 2. The first-order valence-electron chi connectivity index (χ1n) is 5.68. The van der Waals surface area contributed by atoms with Crippen LogP contribution in [-0.2, 0) is 9.59 Å². The zero-order valence-corrected chi connectivity index (χ0v) is 9.16. The summed E-state index contributed by atoms with van der Waals surface area (Å²) in [4.78, 5) is 24.4. The summed E-state index contributed by atoms with van der Waals surface area (Å²) >= 11 is 0. The fraction of sp³-hybridized carbons (Fsp3) is 0.818. The number of likely N-dealkylation sites (tertiary alicyclic amines) is 1. The summed E-state index contributed by atoms with van der Waals surface area (Å²) in [6.45, 7) is 3.49. The van der Waals surface area contributed by atoms with Crippen LogP contribution in [0.1, 0.15) is 32.6 Å². The van der Waals surface area contributed by atoms with Gasteiger partial charge in [-0.05, 0) is 12.8 Å². The molecule has 15 heavy (non-hydrogen) atoms. The lowest BCUT2D eigenvalue weighted by molar-refractivity contribution is -0.120. The monoisotopic (exact) mass is 210 g/mol. The van der Waals surface area contributed by atoms with Gasteiger partial charge < -0.3 is 5.32 Å². The summed E-state index contributed by atoms with van der Waals surface area (Å²) in [5.74, 6) is 0.437. The lowest BCUT2D eigenvalue weighted by atomic mass is 10.2. The SMILES string of the molecule is CC(=O)NC1CCN(C2CCC(=O)C2)C1. The van der Waals surface area contributed by atoms with Crippen molar-refractivity contribution in [2.45, 2.75) is 44.7 Å². The van der Waals surface area contributed by atoms with E-state index >= 15 is 0 Å². The van der Waals surface area contributed by atoms with Gasteiger partial charge in [0.15, 0.2) is 0 Å². The van der Waals surface area contributed by atoms with Crippen molar-refractivity contribution in [2.24, 2.45) is 0 Å². The van der Waals surface area contributed by atoms with Gasteiger partial charge in [-0.25, -0.2) is 0 Å². The number of carbonyl (C=O) groups is 2. The highest BCUT2D eigenvalue weighted by Gasteiger charge is 2.32. The van der Waals surface area contributed by atoms with Crippen molar-refractivity contribution in [1.29, 1.82) is 0 Å². The minimum atomic E-state index is 0.0457. The van der Waals surface area contributed by atoms with E-state index in [0.29, 0.717) is 24.3 Å². The average molecular weight is 210 g/mol. The second kappa shape index (κ2) is 4.31. The first-order valence-corrected chi connectivity index (χ1v) is 5.68. The lowest BCUT2D eigenvalue weighted by Crippen LogP contribution is -2.38. The van der Waals surface area contributed by atoms with E-state index in [1.165, 1.54) is 0 Å². The predicted molar refractivity (Wildman–Crippen MR) is 56.4 cm³/mol. The number of Topliss-reactive ketones (excluding diaryl/α,β-unsaturated/α-hetero) is 1. The van der Waals surface area contributed by atoms with Crippen LogP contribution in [0.3, 0.4) is 0 Å². The Hall–Kier alpha value is -0.900. The summed E-state index contributed by atoms with van der Waals surface area (Å²) < 4.78 is 0. The van der Waals surface area contributed by atoms with Crippen LogP contribution in [0.4, 0.5) is 0 Å². The number of hydrogen-bond donors (Lipinski definition) is 1. The summed E-state index contributed by atoms with van der Waals surface area (Å²) in [5.41, 5.74) is 0. The van der Waals surface area contributed by atoms with Gasteiger partial charge in [0.2, 0.25) is 5.91 Å². The molecule has 1 saturated carbocycles. The molecule has 2 unspecified atom stereocenters. The molecule has 2 rings (SSSR count). The van der Waals surface area contributed by atoms with Gasteiger partial charge in [-0.15, -0.1) is 0 Å². The van der Waals surface area contributed by atoms with Crippen molar-refractivity contribution < 1.29 is 9.59 Å². The number of rotatable bonds is 2. The molecule has 2 aliphatic rings. The van der Waals surface area contributed by atoms with Gasteiger partial charge in [0.05, 0.1) is 0 Å². The Bertz CT molecular complexity index is 278. The predicted octanol–water partition coefficient (Wildman–Crippen LogP) is 0.318. The third kappa shape index (κ3) is 2.56. The molecule has 1 N–H and O–H groups in total. The van der Waals surface area contributed by atoms with E-state index in [1.54, 1.807) is 6.92 Å². The Morgan fingerprint density at radius 1 is 1.47 bits per heavy atom. The summed E-state index contributed by atoms with van der Waals surface area (Å²) in [7, 11) is 0. The smallest absolute Gasteiger partial charge is 0.217 e. The molecule has 1 aliphatic heterocycles. The molecular formula is C11H18N2O2. The van der Waals surface area contributed by atoms with Crippen molar-refractivity contribution in [3.63, 3.8) is 0 Å². The number of hydrogen-bond acceptors (Lipinski definition) is 3. The molecule has 0 aromatic heterocycles. The van der Waals surface area contributed by atoms with Crippen molar-refractivity contribution in [2.75, 3.05) is 13.1 Å². The van der Waals surface area contributed by atoms with Gasteiger partial charge in [-0.1, -0.05) is 0 Å². The van der Waals surface area contributed by atoms with Crippen LogP contribution in [0, 0.1) is 0 Å². The summed E-state index contributed by atoms with van der Waals surface area (Å²) in [5, 5.41) is 2.94. The number of ketones is 1. The first kappa shape index (κ1) is 10.6. The van der Waals surface area contributed by atoms with E-state index in [-0.39, 0.29) is 5.91 Å². The van der Waals surface area contributed by atoms with Crippen LogP contribution in [0.5, 0.6) is 0 Å². The minimum Gasteiger partial charge on any atom is -0.352 e. The molecule has 2 atom stereocenters. The Balaban J connectivity index is 1.82. The minimum absolute atomic E-state index is 0.0457. The third-order valence-electron chi connectivity index (χ3n) is 3.36. The second-order valence-corrected chi connectivity index (χ2v) is 4.62. The van der Waals surface area contributed by atoms with Gasteiger partial charge in [0.1, 0.15) is 5.78 Å². The fourth-order valence-corrected chi connectivity index (χ4v) is 2.63. The van der Waals surface area contributed by atoms with Crippen LogP contribution in [-0.4, -0.2) is 41.8 Å². The maximum absolute atomic E-state index is 11.2. The van der Waals surface area contributed by atoms with Crippen LogP contribution >= 0.6 is 0 Å². The highest BCUT2D eigenvalue weighted by Crippen LogP contribution is 2.24. The Labute approximate surface area is 90.0 Å². The van der Waals surface area contributed by atoms with Crippen molar-refractivity contribution in [3.8, 4) is 0 Å². The zero-order chi connectivity index (χ0) is 10.8. The van der Waals surface area contributed by atoms with Crippen LogP contribution in [0.25, 0.3) is 0 Å². The van der Waals surface area contributed by atoms with Crippen molar-refractivity contribution in [3.05, 3.63) is 0 Å². The fourth-order valence-electron chi connectivity index (χ4n) is 2.63. The number of nitrogens with one attached hydrogen (secondary N) is 1. The van der Waals surface area contributed by atoms with Gasteiger partial charge in [-0.3, -0.25) is 14.5 Å². The van der Waals surface area contributed by atoms with Crippen LogP contribution in [0.2, 0.25) is 0 Å². The van der Waals surface area contributed by atoms with Crippen molar-refractivity contribution in [1.82, 2.24) is 10.2 Å². The average Bonchev–Trinajstić information content (AvgIpc) is 2.72. The molecule has 2 fully saturated rings. The molecule has 84 valence electrons. The van der Waals surface area contributed by atoms with Gasteiger partial charge in [0, 0.05) is 44.9 Å². The Kier molecular flexibility index (Phi) is 3.05.